The van der Waals surface area contributed by atoms with Crippen molar-refractivity contribution in [2.24, 2.45) is 0 Å². The fourth-order valence-electron chi connectivity index (χ4n) is 2.59. The van der Waals surface area contributed by atoms with Crippen LogP contribution >= 0.6 is 0 Å². The van der Waals surface area contributed by atoms with Crippen LogP contribution in [-0.2, 0) is 0 Å². The SMILES string of the molecule is Cc1ccc(C(=O)NC2CCCCCC2O)c(N)c1. The molecular weight excluding hydrogens is 240 g/mol. The quantitative estimate of drug-likeness (QED) is 0.563. The maximum absolute atomic E-state index is 12.2. The van der Waals surface area contributed by atoms with Gasteiger partial charge in [-0.05, 0) is 37.5 Å². The zero-order valence-electron chi connectivity index (χ0n) is 11.4. The van der Waals surface area contributed by atoms with Crippen molar-refractivity contribution in [1.82, 2.24) is 5.32 Å². The molecule has 104 valence electrons. The number of nitrogen functional groups attached to an aromatic ring is 1. The number of benzene rings is 1. The molecule has 0 aliphatic heterocycles. The molecule has 1 aromatic rings. The van der Waals surface area contributed by atoms with Crippen LogP contribution in [-0.4, -0.2) is 23.2 Å². The lowest BCUT2D eigenvalue weighted by atomic mass is 10.0. The average molecular weight is 262 g/mol. The molecule has 4 heteroatoms. The first-order valence-electron chi connectivity index (χ1n) is 6.93. The van der Waals surface area contributed by atoms with Gasteiger partial charge in [-0.3, -0.25) is 4.79 Å². The minimum Gasteiger partial charge on any atom is -0.398 e. The van der Waals surface area contributed by atoms with E-state index in [1.165, 1.54) is 0 Å². The molecule has 2 rings (SSSR count). The molecule has 1 aliphatic rings. The lowest BCUT2D eigenvalue weighted by Crippen LogP contribution is -2.42. The van der Waals surface area contributed by atoms with Gasteiger partial charge in [0.15, 0.2) is 0 Å². The first-order chi connectivity index (χ1) is 9.08. The second kappa shape index (κ2) is 6.06. The van der Waals surface area contributed by atoms with E-state index in [-0.39, 0.29) is 11.9 Å². The summed E-state index contributed by atoms with van der Waals surface area (Å²) in [6.07, 6.45) is 4.34. The molecule has 4 N–H and O–H groups in total. The van der Waals surface area contributed by atoms with Crippen LogP contribution in [0.2, 0.25) is 0 Å². The zero-order chi connectivity index (χ0) is 13.8. The molecule has 0 aromatic heterocycles. The molecule has 0 bridgehead atoms. The molecule has 0 radical (unpaired) electrons. The van der Waals surface area contributed by atoms with Crippen LogP contribution < -0.4 is 11.1 Å². The molecule has 19 heavy (non-hydrogen) atoms. The number of anilines is 1. The summed E-state index contributed by atoms with van der Waals surface area (Å²) >= 11 is 0. The third-order valence-electron chi connectivity index (χ3n) is 3.75. The van der Waals surface area contributed by atoms with E-state index in [0.29, 0.717) is 11.3 Å². The number of carbonyl (C=O) groups is 1. The molecular formula is C15H22N2O2. The lowest BCUT2D eigenvalue weighted by Gasteiger charge is -2.22. The second-order valence-corrected chi connectivity index (χ2v) is 5.38. The summed E-state index contributed by atoms with van der Waals surface area (Å²) in [7, 11) is 0. The standard InChI is InChI=1S/C15H22N2O2/c1-10-7-8-11(12(16)9-10)15(19)17-13-5-3-2-4-6-14(13)18/h7-9,13-14,18H,2-6,16H2,1H3,(H,17,19). The Bertz CT molecular complexity index is 459. The van der Waals surface area contributed by atoms with Gasteiger partial charge in [0.2, 0.25) is 0 Å². The Morgan fingerprint density at radius 2 is 2.05 bits per heavy atom. The number of rotatable bonds is 2. The summed E-state index contributed by atoms with van der Waals surface area (Å²) in [5.41, 5.74) is 7.88. The molecule has 4 nitrogen and oxygen atoms in total. The van der Waals surface area contributed by atoms with Crippen LogP contribution in [0.5, 0.6) is 0 Å². The Morgan fingerprint density at radius 3 is 2.79 bits per heavy atom. The lowest BCUT2D eigenvalue weighted by molar-refractivity contribution is 0.0819. The van der Waals surface area contributed by atoms with E-state index >= 15 is 0 Å². The number of nitrogens with two attached hydrogens (primary N) is 1. The Balaban J connectivity index is 2.07. The number of amides is 1. The van der Waals surface area contributed by atoms with E-state index in [4.69, 9.17) is 5.73 Å². The van der Waals surface area contributed by atoms with Crippen LogP contribution in [0.4, 0.5) is 5.69 Å². The molecule has 2 unspecified atom stereocenters. The van der Waals surface area contributed by atoms with Crippen molar-refractivity contribution in [1.29, 1.82) is 0 Å². The highest BCUT2D eigenvalue weighted by Gasteiger charge is 2.24. The summed E-state index contributed by atoms with van der Waals surface area (Å²) in [4.78, 5) is 12.2. The topological polar surface area (TPSA) is 75.3 Å². The number of hydrogen-bond donors (Lipinski definition) is 3. The first kappa shape index (κ1) is 13.9. The van der Waals surface area contributed by atoms with E-state index in [1.807, 2.05) is 13.0 Å². The van der Waals surface area contributed by atoms with Gasteiger partial charge in [-0.1, -0.05) is 25.3 Å². The van der Waals surface area contributed by atoms with Crippen molar-refractivity contribution in [2.75, 3.05) is 5.73 Å². The van der Waals surface area contributed by atoms with Crippen LogP contribution in [0, 0.1) is 6.92 Å². The minimum absolute atomic E-state index is 0.157. The minimum atomic E-state index is -0.446. The van der Waals surface area contributed by atoms with Crippen molar-refractivity contribution < 1.29 is 9.90 Å². The highest BCUT2D eigenvalue weighted by Crippen LogP contribution is 2.19. The highest BCUT2D eigenvalue weighted by atomic mass is 16.3. The highest BCUT2D eigenvalue weighted by molar-refractivity contribution is 5.99. The molecule has 1 aromatic carbocycles. The van der Waals surface area contributed by atoms with Gasteiger partial charge >= 0.3 is 0 Å². The van der Waals surface area contributed by atoms with Crippen molar-refractivity contribution in [2.45, 2.75) is 51.2 Å². The van der Waals surface area contributed by atoms with Gasteiger partial charge in [0.25, 0.3) is 5.91 Å². The molecule has 2 atom stereocenters. The smallest absolute Gasteiger partial charge is 0.253 e. The van der Waals surface area contributed by atoms with E-state index in [2.05, 4.69) is 5.32 Å². The van der Waals surface area contributed by atoms with Gasteiger partial charge in [0.1, 0.15) is 0 Å². The summed E-state index contributed by atoms with van der Waals surface area (Å²) in [5.74, 6) is -0.191. The third-order valence-corrected chi connectivity index (χ3v) is 3.75. The maximum atomic E-state index is 12.2. The van der Waals surface area contributed by atoms with Gasteiger partial charge in [0, 0.05) is 5.69 Å². The van der Waals surface area contributed by atoms with Gasteiger partial charge in [-0.15, -0.1) is 0 Å². The van der Waals surface area contributed by atoms with Crippen LogP contribution in [0.3, 0.4) is 0 Å². The van der Waals surface area contributed by atoms with Gasteiger partial charge in [-0.2, -0.15) is 0 Å². The number of nitrogens with one attached hydrogen (secondary N) is 1. The largest absolute Gasteiger partial charge is 0.398 e. The van der Waals surface area contributed by atoms with Crippen molar-refractivity contribution in [3.8, 4) is 0 Å². The van der Waals surface area contributed by atoms with Crippen LogP contribution in [0.1, 0.15) is 48.0 Å². The average Bonchev–Trinajstić information content (AvgIpc) is 2.55. The van der Waals surface area contributed by atoms with E-state index in [9.17, 15) is 9.90 Å². The Morgan fingerprint density at radius 1 is 1.32 bits per heavy atom. The van der Waals surface area contributed by atoms with Crippen molar-refractivity contribution in [3.05, 3.63) is 29.3 Å². The molecule has 0 heterocycles. The van der Waals surface area contributed by atoms with E-state index in [1.54, 1.807) is 12.1 Å². The van der Waals surface area contributed by atoms with E-state index in [0.717, 1.165) is 37.7 Å². The molecule has 1 saturated carbocycles. The number of aryl methyl sites for hydroxylation is 1. The van der Waals surface area contributed by atoms with Gasteiger partial charge < -0.3 is 16.2 Å². The predicted molar refractivity (Wildman–Crippen MR) is 75.9 cm³/mol. The summed E-state index contributed by atoms with van der Waals surface area (Å²) in [5, 5.41) is 12.9. The second-order valence-electron chi connectivity index (χ2n) is 5.38. The number of aliphatic hydroxyl groups is 1. The predicted octanol–water partition coefficient (Wildman–Crippen LogP) is 2.00. The van der Waals surface area contributed by atoms with Crippen LogP contribution in [0.25, 0.3) is 0 Å². The van der Waals surface area contributed by atoms with Crippen molar-refractivity contribution >= 4 is 11.6 Å². The molecule has 0 saturated heterocycles. The molecule has 1 aliphatic carbocycles. The first-order valence-corrected chi connectivity index (χ1v) is 6.93. The maximum Gasteiger partial charge on any atom is 0.253 e. The van der Waals surface area contributed by atoms with Crippen molar-refractivity contribution in [3.63, 3.8) is 0 Å². The third kappa shape index (κ3) is 3.47. The Hall–Kier alpha value is -1.55. The molecule has 1 amide bonds. The van der Waals surface area contributed by atoms with Gasteiger partial charge in [0.05, 0.1) is 17.7 Å². The fraction of sp³-hybridized carbons (Fsp3) is 0.533. The van der Waals surface area contributed by atoms with E-state index < -0.39 is 6.10 Å². The number of aliphatic hydroxyl groups excluding tert-OH is 1. The summed E-state index contributed by atoms with van der Waals surface area (Å²) < 4.78 is 0. The molecule has 1 fully saturated rings. The van der Waals surface area contributed by atoms with Crippen LogP contribution in [0.15, 0.2) is 18.2 Å². The van der Waals surface area contributed by atoms with Gasteiger partial charge in [-0.25, -0.2) is 0 Å². The number of carbonyl (C=O) groups excluding carboxylic acids is 1. The summed E-state index contributed by atoms with van der Waals surface area (Å²) in [6, 6.07) is 5.24. The zero-order valence-corrected chi connectivity index (χ0v) is 11.4. The Kier molecular flexibility index (Phi) is 4.43. The Labute approximate surface area is 114 Å². The molecule has 0 spiro atoms. The fourth-order valence-corrected chi connectivity index (χ4v) is 2.59. The monoisotopic (exact) mass is 262 g/mol. The summed E-state index contributed by atoms with van der Waals surface area (Å²) in [6.45, 7) is 1.94. The normalized spacial score (nSPS) is 23.7. The number of hydrogen-bond acceptors (Lipinski definition) is 3.